The molecule has 0 radical (unpaired) electrons. The van der Waals surface area contributed by atoms with Gasteiger partial charge in [0.2, 0.25) is 12.4 Å². The molecule has 1 aliphatic rings. The number of aromatic nitrogens is 2. The summed E-state index contributed by atoms with van der Waals surface area (Å²) >= 11 is 0. The minimum absolute atomic E-state index is 0.486. The van der Waals surface area contributed by atoms with Crippen molar-refractivity contribution in [2.45, 2.75) is 70.2 Å². The van der Waals surface area contributed by atoms with E-state index in [2.05, 4.69) is 4.74 Å². The molecule has 226 valence electrons. The lowest BCUT2D eigenvalue weighted by molar-refractivity contribution is -0.295. The fraction of sp³-hybridized carbons (Fsp3) is 0.667. The van der Waals surface area contributed by atoms with Gasteiger partial charge in [0.1, 0.15) is 6.61 Å². The van der Waals surface area contributed by atoms with Crippen molar-refractivity contribution in [2.24, 2.45) is 0 Å². The van der Waals surface area contributed by atoms with Crippen LogP contribution in [0.4, 0.5) is 9.18 Å². The van der Waals surface area contributed by atoms with E-state index in [9.17, 15) is 34.3 Å². The number of hydrogen-bond acceptors (Lipinski definition) is 15. The van der Waals surface area contributed by atoms with Gasteiger partial charge in [-0.1, -0.05) is 5.92 Å². The Morgan fingerprint density at radius 1 is 1.25 bits per heavy atom. The summed E-state index contributed by atoms with van der Waals surface area (Å²) in [5.41, 5.74) is -4.91. The molecule has 1 aromatic rings. The number of halogens is 1. The minimum atomic E-state index is -4.98. The highest BCUT2D eigenvalue weighted by molar-refractivity contribution is 7.48. The maximum absolute atomic E-state index is 15.8. The number of nitrogens with zero attached hydrogens (tertiary/aromatic N) is 1. The molecule has 0 aromatic carbocycles. The number of aromatic amines is 1. The molecule has 1 aromatic heterocycles. The lowest BCUT2D eigenvalue weighted by Crippen LogP contribution is -2.51. The van der Waals surface area contributed by atoms with E-state index in [1.165, 1.54) is 13.8 Å². The smallest absolute Gasteiger partial charge is 0.432 e. The molecular weight excluding hydrogens is 570 g/mol. The van der Waals surface area contributed by atoms with Crippen molar-refractivity contribution < 1.29 is 66.3 Å². The lowest BCUT2D eigenvalue weighted by Gasteiger charge is -2.27. The van der Waals surface area contributed by atoms with E-state index in [-0.39, 0.29) is 0 Å². The van der Waals surface area contributed by atoms with Crippen molar-refractivity contribution in [3.05, 3.63) is 33.1 Å². The Kier molecular flexibility index (Phi) is 11.5. The Balaban J connectivity index is 2.21. The first-order chi connectivity index (χ1) is 18.5. The van der Waals surface area contributed by atoms with E-state index in [1.807, 2.05) is 4.98 Å². The quantitative estimate of drug-likeness (QED) is 0.0940. The lowest BCUT2D eigenvalue weighted by atomic mass is 9.94. The Morgan fingerprint density at radius 2 is 1.90 bits per heavy atom. The van der Waals surface area contributed by atoms with E-state index in [1.54, 1.807) is 19.8 Å². The van der Waals surface area contributed by atoms with Gasteiger partial charge in [0.05, 0.1) is 12.2 Å². The van der Waals surface area contributed by atoms with E-state index in [0.29, 0.717) is 4.57 Å². The molecule has 0 aliphatic carbocycles. The summed E-state index contributed by atoms with van der Waals surface area (Å²) in [6, 6.07) is 0.834. The molecule has 0 saturated carbocycles. The number of phosphoric ester groups is 1. The van der Waals surface area contributed by atoms with Crippen molar-refractivity contribution in [1.82, 2.24) is 9.55 Å². The van der Waals surface area contributed by atoms with Crippen molar-refractivity contribution in [3.8, 4) is 12.3 Å². The molecule has 40 heavy (non-hydrogen) atoms. The van der Waals surface area contributed by atoms with Crippen LogP contribution in [0.2, 0.25) is 0 Å². The van der Waals surface area contributed by atoms with Gasteiger partial charge < -0.3 is 39.0 Å². The minimum Gasteiger partial charge on any atom is -0.432 e. The number of alkyl halides is 1. The number of terminal acetylenes is 1. The van der Waals surface area contributed by atoms with Gasteiger partial charge in [-0.15, -0.1) is 6.42 Å². The largest absolute Gasteiger partial charge is 0.510 e. The molecule has 2 heterocycles. The molecule has 4 N–H and O–H groups in total. The molecule has 1 saturated heterocycles. The topological polar surface area (TPSA) is 224 Å². The van der Waals surface area contributed by atoms with Crippen LogP contribution in [-0.2, 0) is 41.8 Å². The van der Waals surface area contributed by atoms with Gasteiger partial charge in [-0.25, -0.2) is 23.1 Å². The van der Waals surface area contributed by atoms with Crippen LogP contribution in [0.3, 0.4) is 0 Å². The summed E-state index contributed by atoms with van der Waals surface area (Å²) in [7, 11) is -4.98. The fourth-order valence-corrected chi connectivity index (χ4v) is 3.95. The van der Waals surface area contributed by atoms with Crippen molar-refractivity contribution in [3.63, 3.8) is 0 Å². The van der Waals surface area contributed by atoms with E-state index >= 15 is 4.39 Å². The number of nitrogens with one attached hydrogen (secondary N) is 1. The molecule has 1 aliphatic heterocycles. The van der Waals surface area contributed by atoms with Gasteiger partial charge in [0.25, 0.3) is 17.9 Å². The number of hydrogen-bond donors (Lipinski definition) is 4. The molecule has 2 rings (SSSR count). The molecular formula is C21H30FN2O15P. The normalized spacial score (nSPS) is 26.8. The summed E-state index contributed by atoms with van der Waals surface area (Å²) in [6.07, 6.45) is -0.933. The molecule has 0 spiro atoms. The van der Waals surface area contributed by atoms with E-state index in [4.69, 9.17) is 38.9 Å². The van der Waals surface area contributed by atoms with Crippen LogP contribution in [-0.4, -0.2) is 87.5 Å². The van der Waals surface area contributed by atoms with E-state index < -0.39 is 87.9 Å². The number of carbonyl (C=O) groups is 1. The zero-order valence-corrected chi connectivity index (χ0v) is 22.6. The third kappa shape index (κ3) is 8.65. The monoisotopic (exact) mass is 600 g/mol. The Hall–Kier alpha value is -2.69. The molecule has 17 nitrogen and oxygen atoms in total. The predicted octanol–water partition coefficient (Wildman–Crippen LogP) is -0.192. The van der Waals surface area contributed by atoms with Crippen LogP contribution in [0, 0.1) is 12.3 Å². The molecule has 0 bridgehead atoms. The van der Waals surface area contributed by atoms with Crippen LogP contribution in [0.5, 0.6) is 0 Å². The summed E-state index contributed by atoms with van der Waals surface area (Å²) in [5, 5.41) is 30.9. The van der Waals surface area contributed by atoms with Gasteiger partial charge in [-0.2, -0.15) is 0 Å². The molecule has 0 amide bonds. The SMILES string of the molecule is C#C[C@]1(O)[C@H](n2ccc(=O)[nH]c2=O)O[C@](F)(COP(=O)(OCOC(=O)OC(C)C)OCOC(O)OC(C)C)[C@H]1O. The number of aliphatic hydroxyl groups excluding tert-OH is 2. The average Bonchev–Trinajstić information content (AvgIpc) is 3.04. The fourth-order valence-electron chi connectivity index (χ4n) is 3.02. The number of H-pyrrole nitrogens is 1. The second kappa shape index (κ2) is 13.8. The highest BCUT2D eigenvalue weighted by Crippen LogP contribution is 2.53. The first-order valence-electron chi connectivity index (χ1n) is 11.4. The molecule has 1 fully saturated rings. The van der Waals surface area contributed by atoms with Crippen LogP contribution in [0.1, 0.15) is 33.9 Å². The second-order valence-corrected chi connectivity index (χ2v) is 10.2. The van der Waals surface area contributed by atoms with Crippen LogP contribution in [0.15, 0.2) is 21.9 Å². The Bertz CT molecular complexity index is 1220. The maximum Gasteiger partial charge on any atom is 0.510 e. The highest BCUT2D eigenvalue weighted by Gasteiger charge is 2.65. The van der Waals surface area contributed by atoms with Crippen LogP contribution >= 0.6 is 7.82 Å². The zero-order valence-electron chi connectivity index (χ0n) is 21.8. The predicted molar refractivity (Wildman–Crippen MR) is 127 cm³/mol. The Morgan fingerprint density at radius 3 is 2.48 bits per heavy atom. The summed E-state index contributed by atoms with van der Waals surface area (Å²) in [4.78, 5) is 36.9. The number of phosphoric acid groups is 1. The van der Waals surface area contributed by atoms with Gasteiger partial charge in [-0.05, 0) is 27.7 Å². The third-order valence-electron chi connectivity index (χ3n) is 4.79. The second-order valence-electron chi connectivity index (χ2n) is 8.58. The maximum atomic E-state index is 15.8. The standard InChI is InChI=1S/C21H30FN2O15P/c1-6-20(30)15(26)21(22,39-16(20)24-8-7-14(25)23-17(24)27)9-34-40(31,35-10-32-18(28)37-12(2)3)36-11-33-19(29)38-13(4)5/h1,7-8,12-13,15-16,18,26,28,30H,9-11H2,2-5H3,(H,23,25,27)/t15-,16+,18?,20+,21+,40?/m0/s1. The van der Waals surface area contributed by atoms with Gasteiger partial charge in [0.15, 0.2) is 19.1 Å². The van der Waals surface area contributed by atoms with Crippen molar-refractivity contribution in [2.75, 3.05) is 20.2 Å². The Labute approximate surface area is 226 Å². The van der Waals surface area contributed by atoms with Gasteiger partial charge >= 0.3 is 19.7 Å². The average molecular weight is 600 g/mol. The van der Waals surface area contributed by atoms with E-state index in [0.717, 1.165) is 12.3 Å². The molecule has 2 unspecified atom stereocenters. The van der Waals surface area contributed by atoms with Crippen molar-refractivity contribution >= 4 is 14.0 Å². The highest BCUT2D eigenvalue weighted by atomic mass is 31.2. The van der Waals surface area contributed by atoms with Crippen molar-refractivity contribution in [1.29, 1.82) is 0 Å². The molecule has 6 atom stereocenters. The summed E-state index contributed by atoms with van der Waals surface area (Å²) < 4.78 is 67.8. The summed E-state index contributed by atoms with van der Waals surface area (Å²) in [6.45, 7) is 0.649. The van der Waals surface area contributed by atoms with Gasteiger partial charge in [-0.3, -0.25) is 23.4 Å². The third-order valence-corrected chi connectivity index (χ3v) is 6.08. The first-order valence-corrected chi connectivity index (χ1v) is 12.9. The van der Waals surface area contributed by atoms with Crippen LogP contribution < -0.4 is 11.2 Å². The molecule has 19 heteroatoms. The number of rotatable bonds is 14. The number of ether oxygens (including phenoxy) is 5. The number of carbonyl (C=O) groups excluding carboxylic acids is 1. The van der Waals surface area contributed by atoms with Gasteiger partial charge in [0, 0.05) is 12.3 Å². The summed E-state index contributed by atoms with van der Waals surface area (Å²) in [5.74, 6) is -1.74. The first kappa shape index (κ1) is 33.5. The zero-order chi connectivity index (χ0) is 30.3. The number of aliphatic hydroxyl groups is 3. The van der Waals surface area contributed by atoms with Crippen LogP contribution in [0.25, 0.3) is 0 Å².